The number of benzene rings is 2. The average Bonchev–Trinajstić information content (AvgIpc) is 2.65. The van der Waals surface area contributed by atoms with E-state index in [4.69, 9.17) is 5.73 Å². The molecule has 0 spiro atoms. The maximum Gasteiger partial charge on any atom is 0.253 e. The van der Waals surface area contributed by atoms with Crippen molar-refractivity contribution in [2.45, 2.75) is 11.3 Å². The molecule has 2 aromatic rings. The highest BCUT2D eigenvalue weighted by molar-refractivity contribution is 7.89. The molecule has 2 N–H and O–H groups in total. The summed E-state index contributed by atoms with van der Waals surface area (Å²) < 4.78 is 27.3. The molecule has 0 aliphatic carbocycles. The Balaban J connectivity index is 2.19. The summed E-state index contributed by atoms with van der Waals surface area (Å²) in [5.41, 5.74) is 7.13. The van der Waals surface area contributed by atoms with Crippen LogP contribution in [-0.4, -0.2) is 57.3 Å². The predicted molar refractivity (Wildman–Crippen MR) is 102 cm³/mol. The lowest BCUT2D eigenvalue weighted by molar-refractivity contribution is 0.0827. The van der Waals surface area contributed by atoms with Gasteiger partial charge in [0.15, 0.2) is 0 Å². The quantitative estimate of drug-likeness (QED) is 0.759. The van der Waals surface area contributed by atoms with Gasteiger partial charge < -0.3 is 10.6 Å². The fourth-order valence-corrected chi connectivity index (χ4v) is 4.03. The molecule has 0 fully saturated rings. The van der Waals surface area contributed by atoms with Crippen molar-refractivity contribution >= 4 is 15.9 Å². The minimum Gasteiger partial charge on any atom is -0.345 e. The Kier molecular flexibility index (Phi) is 6.90. The van der Waals surface area contributed by atoms with E-state index in [9.17, 15) is 13.2 Å². The number of hydrogen-bond donors (Lipinski definition) is 1. The van der Waals surface area contributed by atoms with Gasteiger partial charge in [-0.05, 0) is 36.2 Å². The standard InChI is InChI=1S/C19H25N3O3S/c1-21(2)19(23)17-8-10-18(11-9-17)26(24,25)22(15-13-20)14-12-16-6-4-3-5-7-16/h3-11H,12-15,20H2,1-2H3. The number of nitrogens with zero attached hydrogens (tertiary/aromatic N) is 2. The van der Waals surface area contributed by atoms with Gasteiger partial charge >= 0.3 is 0 Å². The van der Waals surface area contributed by atoms with Crippen LogP contribution in [0.5, 0.6) is 0 Å². The fourth-order valence-electron chi connectivity index (χ4n) is 2.57. The molecule has 140 valence electrons. The van der Waals surface area contributed by atoms with Crippen molar-refractivity contribution in [2.75, 3.05) is 33.7 Å². The number of carbonyl (C=O) groups is 1. The molecule has 0 aliphatic rings. The zero-order chi connectivity index (χ0) is 19.2. The van der Waals surface area contributed by atoms with Crippen LogP contribution in [0.2, 0.25) is 0 Å². The predicted octanol–water partition coefficient (Wildman–Crippen LogP) is 1.58. The Morgan fingerprint density at radius 2 is 1.58 bits per heavy atom. The number of sulfonamides is 1. The maximum absolute atomic E-state index is 12.9. The van der Waals surface area contributed by atoms with E-state index < -0.39 is 10.0 Å². The Labute approximate surface area is 155 Å². The third-order valence-electron chi connectivity index (χ3n) is 4.02. The molecular formula is C19H25N3O3S. The number of hydrogen-bond acceptors (Lipinski definition) is 4. The summed E-state index contributed by atoms with van der Waals surface area (Å²) in [7, 11) is -0.363. The van der Waals surface area contributed by atoms with Crippen LogP contribution >= 0.6 is 0 Å². The second-order valence-electron chi connectivity index (χ2n) is 6.15. The van der Waals surface area contributed by atoms with Crippen molar-refractivity contribution in [1.29, 1.82) is 0 Å². The van der Waals surface area contributed by atoms with E-state index in [1.165, 1.54) is 33.5 Å². The van der Waals surface area contributed by atoms with Crippen LogP contribution in [0.25, 0.3) is 0 Å². The van der Waals surface area contributed by atoms with Gasteiger partial charge in [0.1, 0.15) is 0 Å². The molecule has 0 saturated heterocycles. The molecule has 0 radical (unpaired) electrons. The Morgan fingerprint density at radius 1 is 0.962 bits per heavy atom. The molecule has 0 atom stereocenters. The highest BCUT2D eigenvalue weighted by Gasteiger charge is 2.24. The largest absolute Gasteiger partial charge is 0.345 e. The van der Waals surface area contributed by atoms with Gasteiger partial charge in [-0.3, -0.25) is 4.79 Å². The number of amides is 1. The molecule has 2 aromatic carbocycles. The van der Waals surface area contributed by atoms with E-state index in [0.29, 0.717) is 18.5 Å². The molecule has 6 nitrogen and oxygen atoms in total. The average molecular weight is 375 g/mol. The Bertz CT molecular complexity index is 819. The van der Waals surface area contributed by atoms with Crippen molar-refractivity contribution in [1.82, 2.24) is 9.21 Å². The second kappa shape index (κ2) is 8.93. The lowest BCUT2D eigenvalue weighted by atomic mass is 10.1. The molecule has 0 unspecified atom stereocenters. The molecular weight excluding hydrogens is 350 g/mol. The van der Waals surface area contributed by atoms with Gasteiger partial charge in [-0.25, -0.2) is 8.42 Å². The first-order valence-corrected chi connectivity index (χ1v) is 9.86. The zero-order valence-electron chi connectivity index (χ0n) is 15.1. The van der Waals surface area contributed by atoms with Gasteiger partial charge in [0, 0.05) is 39.3 Å². The van der Waals surface area contributed by atoms with Crippen LogP contribution < -0.4 is 5.73 Å². The Morgan fingerprint density at radius 3 is 2.12 bits per heavy atom. The summed E-state index contributed by atoms with van der Waals surface area (Å²) in [5, 5.41) is 0. The Hall–Kier alpha value is -2.22. The van der Waals surface area contributed by atoms with Crippen molar-refractivity contribution in [3.63, 3.8) is 0 Å². The van der Waals surface area contributed by atoms with Crippen molar-refractivity contribution in [3.05, 3.63) is 65.7 Å². The van der Waals surface area contributed by atoms with Crippen LogP contribution in [0.15, 0.2) is 59.5 Å². The highest BCUT2D eigenvalue weighted by atomic mass is 32.2. The van der Waals surface area contributed by atoms with E-state index in [1.54, 1.807) is 14.1 Å². The van der Waals surface area contributed by atoms with E-state index >= 15 is 0 Å². The molecule has 0 bridgehead atoms. The number of rotatable bonds is 8. The van der Waals surface area contributed by atoms with Gasteiger partial charge in [-0.2, -0.15) is 4.31 Å². The number of carbonyl (C=O) groups excluding carboxylic acids is 1. The van der Waals surface area contributed by atoms with E-state index in [2.05, 4.69) is 0 Å². The molecule has 1 amide bonds. The third-order valence-corrected chi connectivity index (χ3v) is 5.93. The summed E-state index contributed by atoms with van der Waals surface area (Å²) in [4.78, 5) is 13.6. The van der Waals surface area contributed by atoms with Crippen molar-refractivity contribution in [3.8, 4) is 0 Å². The summed E-state index contributed by atoms with van der Waals surface area (Å²) >= 11 is 0. The zero-order valence-corrected chi connectivity index (χ0v) is 15.9. The minimum absolute atomic E-state index is 0.161. The summed E-state index contributed by atoms with van der Waals surface area (Å²) in [5.74, 6) is -0.170. The van der Waals surface area contributed by atoms with Crippen LogP contribution in [0.3, 0.4) is 0 Å². The second-order valence-corrected chi connectivity index (χ2v) is 8.09. The molecule has 0 aliphatic heterocycles. The number of nitrogens with two attached hydrogens (primary N) is 1. The molecule has 7 heteroatoms. The summed E-state index contributed by atoms with van der Waals surface area (Å²) in [6.07, 6.45) is 0.608. The van der Waals surface area contributed by atoms with Crippen LogP contribution in [0, 0.1) is 0 Å². The highest BCUT2D eigenvalue weighted by Crippen LogP contribution is 2.17. The molecule has 0 aromatic heterocycles. The summed E-state index contributed by atoms with van der Waals surface area (Å²) in [6.45, 7) is 0.834. The normalized spacial score (nSPS) is 11.5. The first kappa shape index (κ1) is 20.1. The third kappa shape index (κ3) is 4.91. The van der Waals surface area contributed by atoms with E-state index in [1.807, 2.05) is 30.3 Å². The van der Waals surface area contributed by atoms with E-state index in [0.717, 1.165) is 5.56 Å². The van der Waals surface area contributed by atoms with Gasteiger partial charge in [0.25, 0.3) is 5.91 Å². The molecule has 0 heterocycles. The van der Waals surface area contributed by atoms with Crippen LogP contribution in [0.1, 0.15) is 15.9 Å². The van der Waals surface area contributed by atoms with E-state index in [-0.39, 0.29) is 23.9 Å². The molecule has 2 rings (SSSR count). The van der Waals surface area contributed by atoms with Gasteiger partial charge in [-0.1, -0.05) is 30.3 Å². The lowest BCUT2D eigenvalue weighted by Crippen LogP contribution is -2.37. The summed E-state index contributed by atoms with van der Waals surface area (Å²) in [6, 6.07) is 15.7. The molecule has 0 saturated carbocycles. The van der Waals surface area contributed by atoms with Gasteiger partial charge in [0.2, 0.25) is 10.0 Å². The fraction of sp³-hybridized carbons (Fsp3) is 0.316. The van der Waals surface area contributed by atoms with Gasteiger partial charge in [0.05, 0.1) is 4.90 Å². The first-order chi connectivity index (χ1) is 12.4. The topological polar surface area (TPSA) is 83.7 Å². The minimum atomic E-state index is -3.67. The van der Waals surface area contributed by atoms with Crippen molar-refractivity contribution < 1.29 is 13.2 Å². The monoisotopic (exact) mass is 375 g/mol. The molecule has 26 heavy (non-hydrogen) atoms. The lowest BCUT2D eigenvalue weighted by Gasteiger charge is -2.22. The van der Waals surface area contributed by atoms with Crippen molar-refractivity contribution in [2.24, 2.45) is 5.73 Å². The van der Waals surface area contributed by atoms with Crippen LogP contribution in [-0.2, 0) is 16.4 Å². The smallest absolute Gasteiger partial charge is 0.253 e. The first-order valence-electron chi connectivity index (χ1n) is 8.42. The maximum atomic E-state index is 12.9. The van der Waals surface area contributed by atoms with Gasteiger partial charge in [-0.15, -0.1) is 0 Å². The SMILES string of the molecule is CN(C)C(=O)c1ccc(S(=O)(=O)N(CCN)CCc2ccccc2)cc1. The van der Waals surface area contributed by atoms with Crippen LogP contribution in [0.4, 0.5) is 0 Å².